The van der Waals surface area contributed by atoms with Gasteiger partial charge in [-0.05, 0) is 92.2 Å². The first kappa shape index (κ1) is 26.4. The molecule has 44 heavy (non-hydrogen) atoms. The van der Waals surface area contributed by atoms with Gasteiger partial charge in [-0.25, -0.2) is 0 Å². The average Bonchev–Trinajstić information content (AvgIpc) is 3.61. The van der Waals surface area contributed by atoms with Gasteiger partial charge in [-0.3, -0.25) is 0 Å². The number of aromatic nitrogens is 1. The monoisotopic (exact) mass is 574 g/mol. The first-order valence-electron chi connectivity index (χ1n) is 17.1. The van der Waals surface area contributed by atoms with Gasteiger partial charge in [0, 0.05) is 51.1 Å². The predicted molar refractivity (Wildman–Crippen MR) is 184 cm³/mol. The van der Waals surface area contributed by atoms with E-state index in [1.54, 1.807) is 11.1 Å². The van der Waals surface area contributed by atoms with E-state index < -0.39 is 0 Å². The van der Waals surface area contributed by atoms with Crippen LogP contribution in [0, 0.1) is 5.92 Å². The molecule has 5 unspecified atom stereocenters. The minimum Gasteiger partial charge on any atom is -0.361 e. The van der Waals surface area contributed by atoms with Gasteiger partial charge in [0.2, 0.25) is 0 Å². The van der Waals surface area contributed by atoms with E-state index in [1.807, 2.05) is 0 Å². The maximum atomic E-state index is 2.78. The van der Waals surface area contributed by atoms with Gasteiger partial charge >= 0.3 is 0 Å². The fourth-order valence-electron chi connectivity index (χ4n) is 9.20. The molecule has 2 heteroatoms. The second-order valence-corrected chi connectivity index (χ2v) is 13.7. The molecule has 5 aliphatic carbocycles. The summed E-state index contributed by atoms with van der Waals surface area (Å²) in [7, 11) is 0. The highest BCUT2D eigenvalue weighted by molar-refractivity contribution is 5.83. The molecule has 0 fully saturated rings. The lowest BCUT2D eigenvalue weighted by Crippen LogP contribution is -2.41. The van der Waals surface area contributed by atoms with Crippen LogP contribution in [0.5, 0.6) is 0 Å². The van der Waals surface area contributed by atoms with E-state index in [4.69, 9.17) is 0 Å². The largest absolute Gasteiger partial charge is 0.361 e. The molecule has 5 atom stereocenters. The number of hydrogen-bond donors (Lipinski definition) is 0. The van der Waals surface area contributed by atoms with Crippen molar-refractivity contribution >= 4 is 28.6 Å². The number of fused-ring (bicyclic) bond motifs is 5. The molecule has 0 amide bonds. The quantitative estimate of drug-likeness (QED) is 0.283. The topological polar surface area (TPSA) is 8.17 Å². The first-order valence-corrected chi connectivity index (χ1v) is 17.1. The highest BCUT2D eigenvalue weighted by Gasteiger charge is 2.43. The molecule has 0 bridgehead atoms. The Labute approximate surface area is 261 Å². The average molecular weight is 575 g/mol. The molecule has 6 aliphatic rings. The summed E-state index contributed by atoms with van der Waals surface area (Å²) in [5, 5.41) is 4.29. The van der Waals surface area contributed by atoms with Gasteiger partial charge in [0.25, 0.3) is 0 Å². The lowest BCUT2D eigenvalue weighted by atomic mass is 9.79. The van der Waals surface area contributed by atoms with E-state index in [0.29, 0.717) is 30.0 Å². The molecule has 0 spiro atoms. The van der Waals surface area contributed by atoms with Gasteiger partial charge in [-0.2, -0.15) is 0 Å². The van der Waals surface area contributed by atoms with Gasteiger partial charge in [0.15, 0.2) is 0 Å². The van der Waals surface area contributed by atoms with Gasteiger partial charge in [-0.1, -0.05) is 103 Å². The Balaban J connectivity index is 1.01. The Hall–Kier alpha value is -4.04. The van der Waals surface area contributed by atoms with Crippen LogP contribution in [0.4, 0.5) is 0 Å². The summed E-state index contributed by atoms with van der Waals surface area (Å²) >= 11 is 0. The van der Waals surface area contributed by atoms with Gasteiger partial charge in [-0.15, -0.1) is 0 Å². The van der Waals surface area contributed by atoms with E-state index in [1.165, 1.54) is 70.4 Å². The molecule has 1 aromatic heterocycles. The lowest BCUT2D eigenvalue weighted by molar-refractivity contribution is 0.207. The number of allylic oxidation sites excluding steroid dienone is 7. The van der Waals surface area contributed by atoms with E-state index >= 15 is 0 Å². The SMILES string of the molecule is C1=CCC(N2C3=C(CCC=C3)C3C=C(c4ccc(C5C=c6c(n(C7CC=CCC7)c7ccccc67)=CC5)cc4)CCC32)C=C1. The van der Waals surface area contributed by atoms with Gasteiger partial charge in [0.1, 0.15) is 0 Å². The van der Waals surface area contributed by atoms with Crippen LogP contribution in [-0.4, -0.2) is 21.6 Å². The Morgan fingerprint density at radius 1 is 0.750 bits per heavy atom. The lowest BCUT2D eigenvalue weighted by Gasteiger charge is -2.39. The van der Waals surface area contributed by atoms with E-state index in [9.17, 15) is 0 Å². The Morgan fingerprint density at radius 2 is 1.68 bits per heavy atom. The van der Waals surface area contributed by atoms with Crippen LogP contribution in [0.1, 0.15) is 80.9 Å². The van der Waals surface area contributed by atoms with Crippen LogP contribution in [0.3, 0.4) is 0 Å². The van der Waals surface area contributed by atoms with E-state index in [-0.39, 0.29) is 0 Å². The van der Waals surface area contributed by atoms with Crippen molar-refractivity contribution in [3.05, 3.63) is 136 Å². The number of benzene rings is 2. The number of para-hydroxylation sites is 1. The highest BCUT2D eigenvalue weighted by atomic mass is 15.2. The smallest absolute Gasteiger partial charge is 0.0514 e. The van der Waals surface area contributed by atoms with Crippen LogP contribution in [0.15, 0.2) is 114 Å². The summed E-state index contributed by atoms with van der Waals surface area (Å²) in [6, 6.07) is 20.4. The molecular formula is C42H42N2. The maximum Gasteiger partial charge on any atom is 0.0514 e. The fourth-order valence-corrected chi connectivity index (χ4v) is 9.20. The standard InChI is InChI=1S/C42H42N2/c1-3-11-33(12-4-1)43-39-17-9-7-15-35(39)37-27-31(23-25-41(37)43)29-19-21-30(22-20-29)32-24-26-42-38(28-32)36-16-8-10-18-40(36)44(42)34-13-5-2-6-14-34/h1-5,8-11,16-22,26-28,32-34,37,41H,6-7,12-15,23-25H2. The Kier molecular flexibility index (Phi) is 6.50. The van der Waals surface area contributed by atoms with Crippen molar-refractivity contribution in [3.63, 3.8) is 0 Å². The van der Waals surface area contributed by atoms with Crippen molar-refractivity contribution in [2.75, 3.05) is 0 Å². The number of rotatable bonds is 4. The molecule has 2 nitrogen and oxygen atoms in total. The summed E-state index contributed by atoms with van der Waals surface area (Å²) in [6.45, 7) is 0. The molecule has 3 aromatic rings. The van der Waals surface area contributed by atoms with Crippen molar-refractivity contribution < 1.29 is 0 Å². The summed E-state index contributed by atoms with van der Waals surface area (Å²) in [6.07, 6.45) is 37.1. The summed E-state index contributed by atoms with van der Waals surface area (Å²) in [5.41, 5.74) is 9.01. The zero-order valence-corrected chi connectivity index (χ0v) is 25.6. The zero-order valence-electron chi connectivity index (χ0n) is 25.6. The molecule has 220 valence electrons. The summed E-state index contributed by atoms with van der Waals surface area (Å²) in [4.78, 5) is 2.78. The van der Waals surface area contributed by atoms with Gasteiger partial charge in [0.05, 0.1) is 6.04 Å². The van der Waals surface area contributed by atoms with E-state index in [0.717, 1.165) is 25.7 Å². The molecular weight excluding hydrogens is 532 g/mol. The molecule has 0 N–H and O–H groups in total. The van der Waals surface area contributed by atoms with Crippen LogP contribution in [-0.2, 0) is 0 Å². The normalized spacial score (nSPS) is 28.8. The third-order valence-electron chi connectivity index (χ3n) is 11.3. The van der Waals surface area contributed by atoms with Crippen LogP contribution < -0.4 is 10.6 Å². The molecule has 9 rings (SSSR count). The molecule has 0 saturated heterocycles. The van der Waals surface area contributed by atoms with Crippen molar-refractivity contribution in [3.8, 4) is 0 Å². The number of nitrogens with zero attached hydrogens (tertiary/aromatic N) is 2. The molecule has 0 saturated carbocycles. The minimum absolute atomic E-state index is 0.425. The fraction of sp³-hybridized carbons (Fsp3) is 0.333. The Bertz CT molecular complexity index is 1920. The van der Waals surface area contributed by atoms with Crippen molar-refractivity contribution in [1.82, 2.24) is 9.47 Å². The first-order chi connectivity index (χ1) is 21.8. The second-order valence-electron chi connectivity index (χ2n) is 13.7. The second kappa shape index (κ2) is 10.8. The van der Waals surface area contributed by atoms with Crippen LogP contribution in [0.2, 0.25) is 0 Å². The molecule has 0 radical (unpaired) electrons. The predicted octanol–water partition coefficient (Wildman–Crippen LogP) is 8.64. The van der Waals surface area contributed by atoms with Crippen molar-refractivity contribution in [2.24, 2.45) is 5.92 Å². The molecule has 2 heterocycles. The van der Waals surface area contributed by atoms with Crippen LogP contribution in [0.25, 0.3) is 28.6 Å². The van der Waals surface area contributed by atoms with Crippen LogP contribution >= 0.6 is 0 Å². The Morgan fingerprint density at radius 3 is 2.55 bits per heavy atom. The third kappa shape index (κ3) is 4.29. The molecule has 1 aliphatic heterocycles. The summed E-state index contributed by atoms with van der Waals surface area (Å²) < 4.78 is 2.65. The third-order valence-corrected chi connectivity index (χ3v) is 11.3. The van der Waals surface area contributed by atoms with Gasteiger partial charge < -0.3 is 9.47 Å². The van der Waals surface area contributed by atoms with Crippen molar-refractivity contribution in [1.29, 1.82) is 0 Å². The minimum atomic E-state index is 0.425. The zero-order chi connectivity index (χ0) is 29.0. The summed E-state index contributed by atoms with van der Waals surface area (Å²) in [5.74, 6) is 0.976. The maximum absolute atomic E-state index is 2.78. The highest BCUT2D eigenvalue weighted by Crippen LogP contribution is 2.48. The molecule has 2 aromatic carbocycles. The van der Waals surface area contributed by atoms with E-state index in [2.05, 4.69) is 125 Å². The van der Waals surface area contributed by atoms with Crippen molar-refractivity contribution in [2.45, 2.75) is 81.8 Å². The number of hydrogen-bond acceptors (Lipinski definition) is 1.